The first-order valence-electron chi connectivity index (χ1n) is 10.4. The molecule has 1 aliphatic rings. The Morgan fingerprint density at radius 3 is 2.34 bits per heavy atom. The number of rotatable bonds is 7. The number of hydrogen-bond acceptors (Lipinski definition) is 6. The van der Waals surface area contributed by atoms with E-state index in [1.54, 1.807) is 29.6 Å². The summed E-state index contributed by atoms with van der Waals surface area (Å²) in [6.07, 6.45) is 0. The van der Waals surface area contributed by atoms with Gasteiger partial charge in [-0.05, 0) is 54.8 Å². The zero-order chi connectivity index (χ0) is 22.6. The molecule has 1 fully saturated rings. The molecule has 0 atom stereocenters. The van der Waals surface area contributed by atoms with Crippen LogP contribution in [-0.4, -0.2) is 51.4 Å². The number of carbonyl (C=O) groups excluding carboxylic acids is 1. The van der Waals surface area contributed by atoms with Crippen LogP contribution in [0.25, 0.3) is 0 Å². The zero-order valence-electron chi connectivity index (χ0n) is 17.7. The predicted molar refractivity (Wildman–Crippen MR) is 127 cm³/mol. The summed E-state index contributed by atoms with van der Waals surface area (Å²) in [5.41, 5.74) is 1.65. The normalized spacial score (nSPS) is 14.8. The second-order valence-electron chi connectivity index (χ2n) is 7.25. The zero-order valence-corrected chi connectivity index (χ0v) is 19.4. The van der Waals surface area contributed by atoms with E-state index in [0.717, 1.165) is 17.0 Å². The third-order valence-corrected chi connectivity index (χ3v) is 8.22. The summed E-state index contributed by atoms with van der Waals surface area (Å²) in [7, 11) is -3.77. The molecule has 1 saturated heterocycles. The second-order valence-corrected chi connectivity index (χ2v) is 10.1. The molecule has 0 radical (unpaired) electrons. The van der Waals surface area contributed by atoms with Crippen molar-refractivity contribution in [3.63, 3.8) is 0 Å². The summed E-state index contributed by atoms with van der Waals surface area (Å²) in [5, 5.41) is 4.42. The standard InChI is InChI=1S/C23H25N3O4S2/c1-2-30-20-10-8-18(9-11-20)24-23(27)22-21(12-17-31-22)32(28,29)26-15-13-25(14-16-26)19-6-4-3-5-7-19/h3-12,17H,2,13-16H2,1H3,(H,24,27). The molecule has 1 N–H and O–H groups in total. The van der Waals surface area contributed by atoms with Crippen LogP contribution in [0.5, 0.6) is 5.75 Å². The average Bonchev–Trinajstić information content (AvgIpc) is 3.32. The molecule has 4 rings (SSSR count). The fourth-order valence-corrected chi connectivity index (χ4v) is 6.34. The van der Waals surface area contributed by atoms with Crippen molar-refractivity contribution in [1.82, 2.24) is 4.31 Å². The Bertz CT molecular complexity index is 1150. The summed E-state index contributed by atoms with van der Waals surface area (Å²) < 4.78 is 33.5. The molecular weight excluding hydrogens is 446 g/mol. The van der Waals surface area contributed by atoms with Crippen LogP contribution in [0, 0.1) is 0 Å². The summed E-state index contributed by atoms with van der Waals surface area (Å²) in [6.45, 7) is 4.39. The molecule has 0 aliphatic carbocycles. The highest BCUT2D eigenvalue weighted by molar-refractivity contribution is 7.89. The van der Waals surface area contributed by atoms with Crippen LogP contribution in [0.1, 0.15) is 16.6 Å². The minimum Gasteiger partial charge on any atom is -0.494 e. The summed E-state index contributed by atoms with van der Waals surface area (Å²) in [6, 6.07) is 18.4. The van der Waals surface area contributed by atoms with Gasteiger partial charge in [-0.15, -0.1) is 11.3 Å². The highest BCUT2D eigenvalue weighted by Crippen LogP contribution is 2.28. The van der Waals surface area contributed by atoms with Gasteiger partial charge >= 0.3 is 0 Å². The highest BCUT2D eigenvalue weighted by atomic mass is 32.2. The molecule has 32 heavy (non-hydrogen) atoms. The number of amides is 1. The monoisotopic (exact) mass is 471 g/mol. The lowest BCUT2D eigenvalue weighted by Gasteiger charge is -2.35. The molecule has 2 aromatic carbocycles. The van der Waals surface area contributed by atoms with E-state index in [9.17, 15) is 13.2 Å². The van der Waals surface area contributed by atoms with Crippen LogP contribution in [0.4, 0.5) is 11.4 Å². The molecule has 0 unspecified atom stereocenters. The maximum Gasteiger partial charge on any atom is 0.267 e. The van der Waals surface area contributed by atoms with Crippen LogP contribution in [0.3, 0.4) is 0 Å². The number of carbonyl (C=O) groups is 1. The second kappa shape index (κ2) is 9.72. The Balaban J connectivity index is 1.45. The van der Waals surface area contributed by atoms with E-state index >= 15 is 0 Å². The van der Waals surface area contributed by atoms with Crippen molar-refractivity contribution in [3.05, 3.63) is 70.9 Å². The fourth-order valence-electron chi connectivity index (χ4n) is 3.62. The van der Waals surface area contributed by atoms with E-state index in [1.807, 2.05) is 37.3 Å². The van der Waals surface area contributed by atoms with Gasteiger partial charge in [-0.1, -0.05) is 18.2 Å². The minimum atomic E-state index is -3.77. The van der Waals surface area contributed by atoms with Gasteiger partial charge in [0.25, 0.3) is 5.91 Å². The van der Waals surface area contributed by atoms with Gasteiger partial charge in [0.1, 0.15) is 15.5 Å². The lowest BCUT2D eigenvalue weighted by atomic mass is 10.2. The van der Waals surface area contributed by atoms with Crippen LogP contribution in [0.2, 0.25) is 0 Å². The van der Waals surface area contributed by atoms with Gasteiger partial charge in [-0.25, -0.2) is 8.42 Å². The topological polar surface area (TPSA) is 78.9 Å². The Morgan fingerprint density at radius 1 is 1.00 bits per heavy atom. The third kappa shape index (κ3) is 4.79. The van der Waals surface area contributed by atoms with Crippen LogP contribution in [-0.2, 0) is 10.0 Å². The van der Waals surface area contributed by atoms with Crippen molar-refractivity contribution in [2.24, 2.45) is 0 Å². The van der Waals surface area contributed by atoms with E-state index in [2.05, 4.69) is 10.2 Å². The smallest absolute Gasteiger partial charge is 0.267 e. The molecule has 0 spiro atoms. The van der Waals surface area contributed by atoms with Gasteiger partial charge in [0.05, 0.1) is 6.61 Å². The Morgan fingerprint density at radius 2 is 1.69 bits per heavy atom. The number of thiophene rings is 1. The number of sulfonamides is 1. The quantitative estimate of drug-likeness (QED) is 0.565. The van der Waals surface area contributed by atoms with Gasteiger partial charge in [-0.3, -0.25) is 4.79 Å². The maximum absolute atomic E-state index is 13.3. The fraction of sp³-hybridized carbons (Fsp3) is 0.261. The summed E-state index contributed by atoms with van der Waals surface area (Å²) in [4.78, 5) is 15.3. The largest absolute Gasteiger partial charge is 0.494 e. The number of para-hydroxylation sites is 1. The van der Waals surface area contributed by atoms with Crippen molar-refractivity contribution in [3.8, 4) is 5.75 Å². The van der Waals surface area contributed by atoms with Crippen LogP contribution in [0.15, 0.2) is 70.9 Å². The first-order valence-corrected chi connectivity index (χ1v) is 12.7. The maximum atomic E-state index is 13.3. The first kappa shape index (κ1) is 22.3. The van der Waals surface area contributed by atoms with Crippen molar-refractivity contribution in [1.29, 1.82) is 0 Å². The molecule has 2 heterocycles. The van der Waals surface area contributed by atoms with Gasteiger partial charge < -0.3 is 15.0 Å². The average molecular weight is 472 g/mol. The molecule has 1 aliphatic heterocycles. The number of nitrogens with one attached hydrogen (secondary N) is 1. The summed E-state index contributed by atoms with van der Waals surface area (Å²) in [5.74, 6) is 0.269. The molecular formula is C23H25N3O4S2. The Labute approximate surface area is 192 Å². The van der Waals surface area contributed by atoms with Gasteiger partial charge in [0.15, 0.2) is 0 Å². The van der Waals surface area contributed by atoms with E-state index in [0.29, 0.717) is 44.2 Å². The molecule has 9 heteroatoms. The van der Waals surface area contributed by atoms with E-state index in [1.165, 1.54) is 10.4 Å². The molecule has 0 saturated carbocycles. The van der Waals surface area contributed by atoms with E-state index in [-0.39, 0.29) is 9.77 Å². The number of piperazine rings is 1. The number of ether oxygens (including phenoxy) is 1. The highest BCUT2D eigenvalue weighted by Gasteiger charge is 2.32. The lowest BCUT2D eigenvalue weighted by Crippen LogP contribution is -2.48. The number of hydrogen-bond donors (Lipinski definition) is 1. The lowest BCUT2D eigenvalue weighted by molar-refractivity contribution is 0.102. The number of nitrogens with zero attached hydrogens (tertiary/aromatic N) is 2. The minimum absolute atomic E-state index is 0.0547. The molecule has 7 nitrogen and oxygen atoms in total. The Kier molecular flexibility index (Phi) is 6.78. The first-order chi connectivity index (χ1) is 15.5. The van der Waals surface area contributed by atoms with Gasteiger partial charge in [0.2, 0.25) is 10.0 Å². The summed E-state index contributed by atoms with van der Waals surface area (Å²) >= 11 is 1.12. The molecule has 0 bridgehead atoms. The van der Waals surface area contributed by atoms with Crippen molar-refractivity contribution in [2.75, 3.05) is 43.0 Å². The van der Waals surface area contributed by atoms with E-state index < -0.39 is 15.9 Å². The van der Waals surface area contributed by atoms with Gasteiger partial charge in [0, 0.05) is 37.6 Å². The van der Waals surface area contributed by atoms with Crippen molar-refractivity contribution < 1.29 is 17.9 Å². The molecule has 1 amide bonds. The number of anilines is 2. The Hall–Kier alpha value is -2.88. The van der Waals surface area contributed by atoms with Crippen molar-refractivity contribution >= 4 is 38.6 Å². The number of benzene rings is 2. The van der Waals surface area contributed by atoms with Crippen LogP contribution >= 0.6 is 11.3 Å². The van der Waals surface area contributed by atoms with E-state index in [4.69, 9.17) is 4.74 Å². The molecule has 3 aromatic rings. The third-order valence-electron chi connectivity index (χ3n) is 5.24. The predicted octanol–water partition coefficient (Wildman–Crippen LogP) is 3.91. The van der Waals surface area contributed by atoms with Crippen molar-refractivity contribution in [2.45, 2.75) is 11.8 Å². The van der Waals surface area contributed by atoms with Crippen LogP contribution < -0.4 is 15.0 Å². The molecule has 1 aromatic heterocycles. The SMILES string of the molecule is CCOc1ccc(NC(=O)c2sccc2S(=O)(=O)N2CCN(c3ccccc3)CC2)cc1. The van der Waals surface area contributed by atoms with Gasteiger partial charge in [-0.2, -0.15) is 4.31 Å². The molecule has 168 valence electrons.